The summed E-state index contributed by atoms with van der Waals surface area (Å²) in [6.07, 6.45) is -1.22. The Morgan fingerprint density at radius 2 is 2.06 bits per heavy atom. The van der Waals surface area contributed by atoms with Crippen molar-refractivity contribution in [2.24, 2.45) is 0 Å². The van der Waals surface area contributed by atoms with Gasteiger partial charge in [0.2, 0.25) is 0 Å². The van der Waals surface area contributed by atoms with Gasteiger partial charge in [-0.15, -0.1) is 0 Å². The van der Waals surface area contributed by atoms with Crippen molar-refractivity contribution in [2.75, 3.05) is 0 Å². The van der Waals surface area contributed by atoms with Gasteiger partial charge in [0, 0.05) is 11.6 Å². The lowest BCUT2D eigenvalue weighted by Gasteiger charge is -2.41. The number of benzene rings is 1. The first-order valence-electron chi connectivity index (χ1n) is 5.45. The number of rotatable bonds is 1. The number of nitrogens with one attached hydrogen (secondary N) is 1. The summed E-state index contributed by atoms with van der Waals surface area (Å²) in [6, 6.07) is 6.23. The molecule has 1 aromatic rings. The number of hydrogen-bond acceptors (Lipinski definition) is 1. The topological polar surface area (TPSA) is 12.0 Å². The van der Waals surface area contributed by atoms with Crippen molar-refractivity contribution in [1.29, 1.82) is 0 Å². The predicted molar refractivity (Wildman–Crippen MR) is 53.9 cm³/mol. The first-order valence-corrected chi connectivity index (χ1v) is 5.45. The van der Waals surface area contributed by atoms with E-state index in [-0.39, 0.29) is 5.54 Å². The first kappa shape index (κ1) is 10.1. The van der Waals surface area contributed by atoms with Gasteiger partial charge in [-0.3, -0.25) is 0 Å². The van der Waals surface area contributed by atoms with Gasteiger partial charge in [0.25, 0.3) is 0 Å². The van der Waals surface area contributed by atoms with E-state index < -0.39 is 11.7 Å². The van der Waals surface area contributed by atoms with E-state index in [4.69, 9.17) is 0 Å². The Balaban J connectivity index is 1.97. The molecule has 1 aromatic carbocycles. The van der Waals surface area contributed by atoms with Crippen molar-refractivity contribution in [3.8, 4) is 0 Å². The number of hydrogen-bond donors (Lipinski definition) is 1. The third-order valence-electron chi connectivity index (χ3n) is 3.74. The molecule has 1 aliphatic carbocycles. The average Bonchev–Trinajstić information content (AvgIpc) is 2.75. The average molecular weight is 227 g/mol. The van der Waals surface area contributed by atoms with Crippen LogP contribution in [0.1, 0.15) is 30.4 Å². The highest BCUT2D eigenvalue weighted by molar-refractivity contribution is 5.35. The Bertz CT molecular complexity index is 413. The summed E-state index contributed by atoms with van der Waals surface area (Å²) in [6.45, 7) is 0. The summed E-state index contributed by atoms with van der Waals surface area (Å²) in [5.41, 5.74) is 0.0824. The van der Waals surface area contributed by atoms with Crippen molar-refractivity contribution in [1.82, 2.24) is 5.32 Å². The van der Waals surface area contributed by atoms with Gasteiger partial charge in [0.05, 0.1) is 5.56 Å². The highest BCUT2D eigenvalue weighted by atomic mass is 19.4. The van der Waals surface area contributed by atoms with Gasteiger partial charge in [-0.1, -0.05) is 12.1 Å². The lowest BCUT2D eigenvalue weighted by atomic mass is 9.82. The maximum absolute atomic E-state index is 12.6. The summed E-state index contributed by atoms with van der Waals surface area (Å²) < 4.78 is 37.7. The summed E-state index contributed by atoms with van der Waals surface area (Å²) in [4.78, 5) is 0. The molecule has 0 amide bonds. The Kier molecular flexibility index (Phi) is 1.90. The van der Waals surface area contributed by atoms with E-state index in [0.717, 1.165) is 30.9 Å². The number of halogens is 3. The third-order valence-corrected chi connectivity index (χ3v) is 3.74. The first-order chi connectivity index (χ1) is 7.50. The molecule has 0 spiro atoms. The zero-order chi connectivity index (χ0) is 11.4. The summed E-state index contributed by atoms with van der Waals surface area (Å²) in [5.74, 6) is 0. The van der Waals surface area contributed by atoms with E-state index in [9.17, 15) is 13.2 Å². The molecule has 2 bridgehead atoms. The Morgan fingerprint density at radius 1 is 1.31 bits per heavy atom. The maximum atomic E-state index is 12.6. The van der Waals surface area contributed by atoms with E-state index in [2.05, 4.69) is 5.32 Å². The minimum absolute atomic E-state index is 0.161. The fraction of sp³-hybridized carbons (Fsp3) is 0.500. The van der Waals surface area contributed by atoms with Crippen molar-refractivity contribution >= 4 is 0 Å². The zero-order valence-electron chi connectivity index (χ0n) is 8.64. The molecule has 2 saturated heterocycles. The molecule has 4 rings (SSSR count). The molecule has 2 heterocycles. The van der Waals surface area contributed by atoms with Crippen LogP contribution in [0.25, 0.3) is 0 Å². The van der Waals surface area contributed by atoms with Gasteiger partial charge < -0.3 is 5.32 Å². The molecular weight excluding hydrogens is 215 g/mol. The molecular formula is C12H12F3N. The van der Waals surface area contributed by atoms with Crippen LogP contribution in [0.2, 0.25) is 0 Å². The highest BCUT2D eigenvalue weighted by Crippen LogP contribution is 2.48. The van der Waals surface area contributed by atoms with Gasteiger partial charge in [-0.25, -0.2) is 0 Å². The summed E-state index contributed by atoms with van der Waals surface area (Å²) in [5, 5.41) is 3.36. The molecule has 16 heavy (non-hydrogen) atoms. The van der Waals surface area contributed by atoms with Crippen LogP contribution in [0, 0.1) is 0 Å². The Labute approximate surface area is 91.7 Å². The van der Waals surface area contributed by atoms with Crippen LogP contribution in [-0.4, -0.2) is 6.04 Å². The van der Waals surface area contributed by atoms with Crippen LogP contribution in [0.4, 0.5) is 13.2 Å². The molecule has 1 nitrogen and oxygen atoms in total. The van der Waals surface area contributed by atoms with Crippen LogP contribution in [0.15, 0.2) is 24.3 Å². The van der Waals surface area contributed by atoms with Crippen LogP contribution in [0.5, 0.6) is 0 Å². The predicted octanol–water partition coefficient (Wildman–Crippen LogP) is 3.06. The Morgan fingerprint density at radius 3 is 2.62 bits per heavy atom. The number of fused-ring (bicyclic) bond motifs is 1. The van der Waals surface area contributed by atoms with Crippen molar-refractivity contribution in [3.05, 3.63) is 35.4 Å². The second kappa shape index (κ2) is 3.00. The summed E-state index contributed by atoms with van der Waals surface area (Å²) >= 11 is 0. The molecule has 3 aliphatic rings. The van der Waals surface area contributed by atoms with Crippen molar-refractivity contribution in [3.63, 3.8) is 0 Å². The lowest BCUT2D eigenvalue weighted by Crippen LogP contribution is -2.53. The fourth-order valence-electron chi connectivity index (χ4n) is 2.90. The standard InChI is InChI=1S/C12H12F3N/c13-12(14,15)9-3-1-2-8(6-9)11-5-4-10(7-11)16-11/h1-3,6,10,16H,4-5,7H2. The van der Waals surface area contributed by atoms with E-state index in [1.54, 1.807) is 6.07 Å². The van der Waals surface area contributed by atoms with Crippen LogP contribution < -0.4 is 5.32 Å². The fourth-order valence-corrected chi connectivity index (χ4v) is 2.90. The molecule has 2 atom stereocenters. The van der Waals surface area contributed by atoms with Gasteiger partial charge in [0.1, 0.15) is 0 Å². The van der Waals surface area contributed by atoms with Gasteiger partial charge >= 0.3 is 6.18 Å². The SMILES string of the molecule is FC(F)(F)c1cccc(C23CCC(C2)N3)c1. The van der Waals surface area contributed by atoms with Crippen molar-refractivity contribution < 1.29 is 13.2 Å². The molecule has 86 valence electrons. The molecule has 1 N–H and O–H groups in total. The van der Waals surface area contributed by atoms with Crippen LogP contribution in [-0.2, 0) is 11.7 Å². The molecule has 2 unspecified atom stereocenters. The van der Waals surface area contributed by atoms with Crippen LogP contribution in [0.3, 0.4) is 0 Å². The molecule has 0 radical (unpaired) electrons. The van der Waals surface area contributed by atoms with Gasteiger partial charge in [-0.2, -0.15) is 13.2 Å². The lowest BCUT2D eigenvalue weighted by molar-refractivity contribution is -0.137. The zero-order valence-corrected chi connectivity index (χ0v) is 8.64. The second-order valence-electron chi connectivity index (χ2n) is 4.74. The Hall–Kier alpha value is -1.03. The molecule has 4 heteroatoms. The minimum Gasteiger partial charge on any atom is -0.304 e. The monoisotopic (exact) mass is 227 g/mol. The summed E-state index contributed by atoms with van der Waals surface area (Å²) in [7, 11) is 0. The van der Waals surface area contributed by atoms with E-state index in [0.29, 0.717) is 6.04 Å². The highest BCUT2D eigenvalue weighted by Gasteiger charge is 2.51. The second-order valence-corrected chi connectivity index (χ2v) is 4.74. The van der Waals surface area contributed by atoms with E-state index in [1.807, 2.05) is 0 Å². The molecule has 2 aliphatic heterocycles. The molecule has 1 saturated carbocycles. The minimum atomic E-state index is -4.24. The number of alkyl halides is 3. The smallest absolute Gasteiger partial charge is 0.304 e. The van der Waals surface area contributed by atoms with Gasteiger partial charge in [0.15, 0.2) is 0 Å². The third kappa shape index (κ3) is 1.36. The maximum Gasteiger partial charge on any atom is 0.416 e. The largest absolute Gasteiger partial charge is 0.416 e. The van der Waals surface area contributed by atoms with E-state index >= 15 is 0 Å². The van der Waals surface area contributed by atoms with Gasteiger partial charge in [-0.05, 0) is 37.0 Å². The molecule has 3 fully saturated rings. The molecule has 0 aromatic heterocycles. The quantitative estimate of drug-likeness (QED) is 0.777. The van der Waals surface area contributed by atoms with Crippen LogP contribution >= 0.6 is 0 Å². The van der Waals surface area contributed by atoms with E-state index in [1.165, 1.54) is 12.1 Å². The van der Waals surface area contributed by atoms with Crippen molar-refractivity contribution in [2.45, 2.75) is 37.0 Å². The normalized spacial score (nSPS) is 32.6.